The van der Waals surface area contributed by atoms with Crippen molar-refractivity contribution in [1.82, 2.24) is 0 Å². The zero-order valence-corrected chi connectivity index (χ0v) is 8.84. The quantitative estimate of drug-likeness (QED) is 0.744. The lowest BCUT2D eigenvalue weighted by molar-refractivity contribution is 0.109. The summed E-state index contributed by atoms with van der Waals surface area (Å²) in [6.07, 6.45) is 5.67. The average molecular weight is 243 g/mol. The Kier molecular flexibility index (Phi) is 2.54. The number of halogens is 1. The van der Waals surface area contributed by atoms with Crippen LogP contribution in [0.1, 0.15) is 47.9 Å². The summed E-state index contributed by atoms with van der Waals surface area (Å²) in [5.74, 6) is 1.90. The van der Waals surface area contributed by atoms with E-state index in [1.54, 1.807) is 6.07 Å². The summed E-state index contributed by atoms with van der Waals surface area (Å²) in [4.78, 5) is 10.5. The summed E-state index contributed by atoms with van der Waals surface area (Å²) < 4.78 is 6.38. The Labute approximate surface area is 85.4 Å². The monoisotopic (exact) mass is 242 g/mol. The molecule has 1 aromatic heterocycles. The molecule has 0 atom stereocenters. The van der Waals surface area contributed by atoms with Crippen molar-refractivity contribution in [3.8, 4) is 0 Å². The van der Waals surface area contributed by atoms with Crippen molar-refractivity contribution >= 4 is 22.2 Å². The number of rotatable bonds is 2. The molecule has 0 aromatic carbocycles. The molecule has 2 rings (SSSR count). The lowest BCUT2D eigenvalue weighted by Crippen LogP contribution is -1.89. The number of aldehydes is 1. The van der Waals surface area contributed by atoms with Crippen LogP contribution in [0.5, 0.6) is 0 Å². The summed E-state index contributed by atoms with van der Waals surface area (Å²) in [6, 6.07) is 1.75. The van der Waals surface area contributed by atoms with Gasteiger partial charge in [-0.1, -0.05) is 12.8 Å². The molecule has 0 aliphatic heterocycles. The molecule has 13 heavy (non-hydrogen) atoms. The molecule has 1 aromatic rings. The van der Waals surface area contributed by atoms with E-state index in [0.29, 0.717) is 11.7 Å². The molecular formula is C10H11BrO2. The van der Waals surface area contributed by atoms with Gasteiger partial charge >= 0.3 is 0 Å². The highest BCUT2D eigenvalue weighted by Gasteiger charge is 2.23. The predicted octanol–water partition coefficient (Wildman–Crippen LogP) is 3.51. The second-order valence-corrected chi connectivity index (χ2v) is 4.31. The van der Waals surface area contributed by atoms with Gasteiger partial charge < -0.3 is 4.42 Å². The van der Waals surface area contributed by atoms with Gasteiger partial charge in [0.2, 0.25) is 0 Å². The van der Waals surface area contributed by atoms with Gasteiger partial charge in [-0.05, 0) is 28.8 Å². The molecule has 0 radical (unpaired) electrons. The zero-order chi connectivity index (χ0) is 9.26. The number of furan rings is 1. The van der Waals surface area contributed by atoms with Gasteiger partial charge in [0.05, 0.1) is 4.47 Å². The highest BCUT2D eigenvalue weighted by molar-refractivity contribution is 9.10. The summed E-state index contributed by atoms with van der Waals surface area (Å²) >= 11 is 3.42. The Morgan fingerprint density at radius 1 is 1.46 bits per heavy atom. The molecule has 1 aliphatic carbocycles. The molecule has 70 valence electrons. The topological polar surface area (TPSA) is 30.2 Å². The first-order valence-electron chi connectivity index (χ1n) is 4.55. The Balaban J connectivity index is 2.27. The third-order valence-electron chi connectivity index (χ3n) is 2.57. The summed E-state index contributed by atoms with van der Waals surface area (Å²) in [5.41, 5.74) is 0. The van der Waals surface area contributed by atoms with Crippen LogP contribution in [-0.2, 0) is 0 Å². The van der Waals surface area contributed by atoms with Crippen LogP contribution in [0.3, 0.4) is 0 Å². The van der Waals surface area contributed by atoms with Crippen LogP contribution >= 0.6 is 15.9 Å². The molecule has 1 fully saturated rings. The maximum atomic E-state index is 10.5. The molecular weight excluding hydrogens is 232 g/mol. The number of hydrogen-bond donors (Lipinski definition) is 0. The smallest absolute Gasteiger partial charge is 0.185 e. The van der Waals surface area contributed by atoms with Gasteiger partial charge in [-0.2, -0.15) is 0 Å². The highest BCUT2D eigenvalue weighted by Crippen LogP contribution is 2.38. The standard InChI is InChI=1S/C10H11BrO2/c11-9-5-8(6-12)13-10(9)7-3-1-2-4-7/h5-7H,1-4H2. The van der Waals surface area contributed by atoms with Crippen molar-refractivity contribution in [2.24, 2.45) is 0 Å². The fourth-order valence-corrected chi connectivity index (χ4v) is 2.56. The van der Waals surface area contributed by atoms with Crippen LogP contribution in [0.25, 0.3) is 0 Å². The molecule has 0 unspecified atom stereocenters. The van der Waals surface area contributed by atoms with E-state index >= 15 is 0 Å². The van der Waals surface area contributed by atoms with Gasteiger partial charge in [-0.3, -0.25) is 4.79 Å². The summed E-state index contributed by atoms with van der Waals surface area (Å²) in [7, 11) is 0. The Bertz CT molecular complexity index is 311. The van der Waals surface area contributed by atoms with E-state index in [1.165, 1.54) is 25.7 Å². The highest BCUT2D eigenvalue weighted by atomic mass is 79.9. The minimum absolute atomic E-state index is 0.425. The van der Waals surface area contributed by atoms with Gasteiger partial charge in [-0.25, -0.2) is 0 Å². The van der Waals surface area contributed by atoms with Gasteiger partial charge in [0, 0.05) is 12.0 Å². The first kappa shape index (κ1) is 9.00. The Morgan fingerprint density at radius 3 is 2.69 bits per heavy atom. The van der Waals surface area contributed by atoms with Gasteiger partial charge in [-0.15, -0.1) is 0 Å². The van der Waals surface area contributed by atoms with Crippen LogP contribution in [-0.4, -0.2) is 6.29 Å². The van der Waals surface area contributed by atoms with Crippen molar-refractivity contribution in [1.29, 1.82) is 0 Å². The van der Waals surface area contributed by atoms with Crippen molar-refractivity contribution in [2.45, 2.75) is 31.6 Å². The maximum absolute atomic E-state index is 10.5. The third kappa shape index (κ3) is 1.70. The van der Waals surface area contributed by atoms with Crippen molar-refractivity contribution < 1.29 is 9.21 Å². The van der Waals surface area contributed by atoms with Crippen LogP contribution < -0.4 is 0 Å². The van der Waals surface area contributed by atoms with Gasteiger partial charge in [0.25, 0.3) is 0 Å². The predicted molar refractivity (Wildman–Crippen MR) is 53.0 cm³/mol. The van der Waals surface area contributed by atoms with Crippen molar-refractivity contribution in [3.05, 3.63) is 22.1 Å². The lowest BCUT2D eigenvalue weighted by atomic mass is 10.1. The maximum Gasteiger partial charge on any atom is 0.185 e. The van der Waals surface area contributed by atoms with Crippen LogP contribution in [0.2, 0.25) is 0 Å². The molecule has 0 N–H and O–H groups in total. The molecule has 1 aliphatic rings. The van der Waals surface area contributed by atoms with Gasteiger partial charge in [0.15, 0.2) is 12.0 Å². The second kappa shape index (κ2) is 3.66. The summed E-state index contributed by atoms with van der Waals surface area (Å²) in [6.45, 7) is 0. The van der Waals surface area contributed by atoms with E-state index < -0.39 is 0 Å². The molecule has 3 heteroatoms. The Morgan fingerprint density at radius 2 is 2.15 bits per heavy atom. The minimum Gasteiger partial charge on any atom is -0.457 e. The van der Waals surface area contributed by atoms with E-state index in [4.69, 9.17) is 4.42 Å². The van der Waals surface area contributed by atoms with E-state index in [-0.39, 0.29) is 0 Å². The summed E-state index contributed by atoms with van der Waals surface area (Å²) in [5, 5.41) is 0. The molecule has 0 saturated heterocycles. The van der Waals surface area contributed by atoms with Crippen molar-refractivity contribution in [3.63, 3.8) is 0 Å². The van der Waals surface area contributed by atoms with Crippen LogP contribution in [0.15, 0.2) is 15.0 Å². The molecule has 0 bridgehead atoms. The number of hydrogen-bond acceptors (Lipinski definition) is 2. The second-order valence-electron chi connectivity index (χ2n) is 3.46. The van der Waals surface area contributed by atoms with E-state index in [0.717, 1.165) is 16.5 Å². The van der Waals surface area contributed by atoms with Crippen molar-refractivity contribution in [2.75, 3.05) is 0 Å². The molecule has 0 amide bonds. The largest absolute Gasteiger partial charge is 0.457 e. The third-order valence-corrected chi connectivity index (χ3v) is 3.19. The Hall–Kier alpha value is -0.570. The van der Waals surface area contributed by atoms with Crippen LogP contribution in [0, 0.1) is 0 Å². The first-order chi connectivity index (χ1) is 6.31. The van der Waals surface area contributed by atoms with E-state index in [2.05, 4.69) is 15.9 Å². The lowest BCUT2D eigenvalue weighted by Gasteiger charge is -2.04. The van der Waals surface area contributed by atoms with Gasteiger partial charge in [0.1, 0.15) is 5.76 Å². The van der Waals surface area contributed by atoms with E-state index in [9.17, 15) is 4.79 Å². The molecule has 2 nitrogen and oxygen atoms in total. The minimum atomic E-state index is 0.425. The first-order valence-corrected chi connectivity index (χ1v) is 5.35. The van der Waals surface area contributed by atoms with E-state index in [1.807, 2.05) is 0 Å². The molecule has 1 heterocycles. The number of carbonyl (C=O) groups excluding carboxylic acids is 1. The number of carbonyl (C=O) groups is 1. The average Bonchev–Trinajstić information content (AvgIpc) is 2.72. The fourth-order valence-electron chi connectivity index (χ4n) is 1.93. The zero-order valence-electron chi connectivity index (χ0n) is 7.25. The normalized spacial score (nSPS) is 17.9. The molecule has 1 saturated carbocycles. The SMILES string of the molecule is O=Cc1cc(Br)c(C2CCCC2)o1. The fraction of sp³-hybridized carbons (Fsp3) is 0.500. The van der Waals surface area contributed by atoms with Crippen LogP contribution in [0.4, 0.5) is 0 Å². The molecule has 0 spiro atoms.